The van der Waals surface area contributed by atoms with E-state index in [1.54, 1.807) is 0 Å². The second-order valence-electron chi connectivity index (χ2n) is 6.36. The summed E-state index contributed by atoms with van der Waals surface area (Å²) in [6.45, 7) is 4.65. The van der Waals surface area contributed by atoms with E-state index in [9.17, 15) is 0 Å². The first kappa shape index (κ1) is 20.5. The summed E-state index contributed by atoms with van der Waals surface area (Å²) in [6.07, 6.45) is 0. The predicted octanol–water partition coefficient (Wildman–Crippen LogP) is 5.31. The fraction of sp³-hybridized carbons (Fsp3) is 0.263. The molecule has 0 aromatic heterocycles. The Morgan fingerprint density at radius 2 is 1.33 bits per heavy atom. The maximum atomic E-state index is 5.62. The van der Waals surface area contributed by atoms with Gasteiger partial charge in [-0.3, -0.25) is 0 Å². The lowest BCUT2D eigenvalue weighted by atomic mass is 10.2. The molecule has 142 valence electrons. The zero-order valence-corrected chi connectivity index (χ0v) is 19.6. The van der Waals surface area contributed by atoms with Gasteiger partial charge in [0.1, 0.15) is 0 Å². The van der Waals surface area contributed by atoms with Crippen LogP contribution in [0, 0.1) is 0 Å². The topological polar surface area (TPSA) is 30.5 Å². The Labute approximate surface area is 187 Å². The minimum absolute atomic E-state index is 0.263. The Kier molecular flexibility index (Phi) is 7.08. The van der Waals surface area contributed by atoms with E-state index >= 15 is 0 Å². The van der Waals surface area contributed by atoms with Crippen molar-refractivity contribution >= 4 is 77.9 Å². The second kappa shape index (κ2) is 9.32. The molecule has 1 saturated heterocycles. The van der Waals surface area contributed by atoms with Crippen LogP contribution in [-0.2, 0) is 0 Å². The molecule has 27 heavy (non-hydrogen) atoms. The molecule has 0 amide bonds. The van der Waals surface area contributed by atoms with Crippen LogP contribution in [0.2, 0.25) is 0 Å². The lowest BCUT2D eigenvalue weighted by Crippen LogP contribution is -2.57. The number of anilines is 2. The van der Waals surface area contributed by atoms with Crippen LogP contribution >= 0.6 is 56.3 Å². The molecule has 1 heterocycles. The average Bonchev–Trinajstić information content (AvgIpc) is 2.65. The molecule has 1 fully saturated rings. The van der Waals surface area contributed by atoms with Crippen LogP contribution in [0.15, 0.2) is 57.5 Å². The van der Waals surface area contributed by atoms with Crippen molar-refractivity contribution in [1.82, 2.24) is 9.80 Å². The lowest BCUT2D eigenvalue weighted by Gasteiger charge is -2.42. The second-order valence-corrected chi connectivity index (χ2v) is 8.97. The minimum Gasteiger partial charge on any atom is -0.345 e. The monoisotopic (exact) mass is 526 g/mol. The quantitative estimate of drug-likeness (QED) is 0.514. The first-order chi connectivity index (χ1) is 12.9. The Morgan fingerprint density at radius 3 is 1.81 bits per heavy atom. The summed E-state index contributed by atoms with van der Waals surface area (Å²) in [5.74, 6) is 0. The number of nitrogens with zero attached hydrogens (tertiary/aromatic N) is 2. The van der Waals surface area contributed by atoms with Gasteiger partial charge in [-0.2, -0.15) is 0 Å². The largest absolute Gasteiger partial charge is 0.345 e. The van der Waals surface area contributed by atoms with Gasteiger partial charge in [0.2, 0.25) is 0 Å². The molecule has 0 radical (unpaired) electrons. The third-order valence-electron chi connectivity index (χ3n) is 4.37. The van der Waals surface area contributed by atoms with Crippen LogP contribution in [-0.4, -0.2) is 45.7 Å². The van der Waals surface area contributed by atoms with Gasteiger partial charge in [0.25, 0.3) is 0 Å². The van der Waals surface area contributed by atoms with E-state index in [0.29, 0.717) is 0 Å². The van der Waals surface area contributed by atoms with Crippen molar-refractivity contribution < 1.29 is 0 Å². The van der Waals surface area contributed by atoms with Crippen molar-refractivity contribution in [2.45, 2.75) is 13.0 Å². The van der Waals surface area contributed by atoms with E-state index in [-0.39, 0.29) is 6.04 Å². The van der Waals surface area contributed by atoms with Crippen molar-refractivity contribution in [3.63, 3.8) is 0 Å². The fourth-order valence-electron chi connectivity index (χ4n) is 2.91. The van der Waals surface area contributed by atoms with E-state index in [0.717, 1.165) is 50.2 Å². The van der Waals surface area contributed by atoms with Crippen LogP contribution in [0.5, 0.6) is 0 Å². The van der Waals surface area contributed by atoms with Crippen molar-refractivity contribution in [1.29, 1.82) is 0 Å². The van der Waals surface area contributed by atoms with E-state index < -0.39 is 0 Å². The smallest absolute Gasteiger partial charge is 0.173 e. The summed E-state index contributed by atoms with van der Waals surface area (Å²) in [7, 11) is 0. The SMILES string of the molecule is CC1CN(C(=S)Nc2ccc(Br)cc2)CCN1C(=S)Nc1ccc(Br)cc1. The Hall–Kier alpha value is -1.22. The van der Waals surface area contributed by atoms with Gasteiger partial charge >= 0.3 is 0 Å². The molecule has 0 spiro atoms. The zero-order valence-electron chi connectivity index (χ0n) is 14.8. The summed E-state index contributed by atoms with van der Waals surface area (Å²) in [4.78, 5) is 4.41. The van der Waals surface area contributed by atoms with Gasteiger partial charge in [-0.05, 0) is 79.9 Å². The number of piperazine rings is 1. The van der Waals surface area contributed by atoms with Crippen LogP contribution in [0.4, 0.5) is 11.4 Å². The normalized spacial score (nSPS) is 16.8. The predicted molar refractivity (Wildman–Crippen MR) is 128 cm³/mol. The summed E-state index contributed by atoms with van der Waals surface area (Å²) in [5, 5.41) is 8.13. The van der Waals surface area contributed by atoms with Crippen molar-refractivity contribution in [3.05, 3.63) is 57.5 Å². The summed E-state index contributed by atoms with van der Waals surface area (Å²) < 4.78 is 2.10. The van der Waals surface area contributed by atoms with Gasteiger partial charge < -0.3 is 20.4 Å². The van der Waals surface area contributed by atoms with Crippen LogP contribution in [0.25, 0.3) is 0 Å². The number of rotatable bonds is 2. The van der Waals surface area contributed by atoms with Crippen molar-refractivity contribution in [2.24, 2.45) is 0 Å². The molecular weight excluding hydrogens is 508 g/mol. The highest BCUT2D eigenvalue weighted by Gasteiger charge is 2.26. The molecule has 8 heteroatoms. The Morgan fingerprint density at radius 1 is 0.852 bits per heavy atom. The van der Waals surface area contributed by atoms with Crippen LogP contribution in [0.1, 0.15) is 6.92 Å². The van der Waals surface area contributed by atoms with E-state index in [1.807, 2.05) is 48.5 Å². The van der Waals surface area contributed by atoms with Crippen molar-refractivity contribution in [2.75, 3.05) is 30.3 Å². The van der Waals surface area contributed by atoms with E-state index in [4.69, 9.17) is 24.4 Å². The number of halogens is 2. The third-order valence-corrected chi connectivity index (χ3v) is 6.12. The van der Waals surface area contributed by atoms with Crippen molar-refractivity contribution in [3.8, 4) is 0 Å². The highest BCUT2D eigenvalue weighted by molar-refractivity contribution is 9.10. The number of thiocarbonyl (C=S) groups is 2. The maximum Gasteiger partial charge on any atom is 0.173 e. The van der Waals surface area contributed by atoms with Gasteiger partial charge in [-0.15, -0.1) is 0 Å². The number of benzene rings is 2. The first-order valence-corrected chi connectivity index (χ1v) is 11.0. The minimum atomic E-state index is 0.263. The summed E-state index contributed by atoms with van der Waals surface area (Å²) in [6, 6.07) is 16.3. The highest BCUT2D eigenvalue weighted by atomic mass is 79.9. The number of hydrogen-bond acceptors (Lipinski definition) is 2. The van der Waals surface area contributed by atoms with Gasteiger partial charge in [-0.1, -0.05) is 31.9 Å². The van der Waals surface area contributed by atoms with E-state index in [2.05, 4.69) is 59.2 Å². The van der Waals surface area contributed by atoms with Gasteiger partial charge in [0.15, 0.2) is 10.2 Å². The van der Waals surface area contributed by atoms with Gasteiger partial charge in [0, 0.05) is 46.0 Å². The van der Waals surface area contributed by atoms with Gasteiger partial charge in [-0.25, -0.2) is 0 Å². The lowest BCUT2D eigenvalue weighted by molar-refractivity contribution is 0.200. The molecule has 2 aromatic rings. The number of nitrogens with one attached hydrogen (secondary N) is 2. The molecule has 1 unspecified atom stereocenters. The summed E-state index contributed by atoms with van der Waals surface area (Å²) >= 11 is 18.1. The Bertz CT molecular complexity index is 811. The molecule has 1 atom stereocenters. The molecule has 1 aliphatic rings. The number of hydrogen-bond donors (Lipinski definition) is 2. The average molecular weight is 528 g/mol. The van der Waals surface area contributed by atoms with Crippen LogP contribution in [0.3, 0.4) is 0 Å². The molecule has 3 rings (SSSR count). The molecule has 0 aliphatic carbocycles. The first-order valence-electron chi connectivity index (χ1n) is 8.57. The van der Waals surface area contributed by atoms with E-state index in [1.165, 1.54) is 0 Å². The standard InChI is InChI=1S/C19H20Br2N4S2/c1-13-12-24(18(26)22-16-6-2-14(20)3-7-16)10-11-25(13)19(27)23-17-8-4-15(21)5-9-17/h2-9,13H,10-12H2,1H3,(H,22,26)(H,23,27). The maximum absolute atomic E-state index is 5.62. The molecular formula is C19H20Br2N4S2. The molecule has 2 N–H and O–H groups in total. The molecule has 1 aliphatic heterocycles. The highest BCUT2D eigenvalue weighted by Crippen LogP contribution is 2.18. The zero-order chi connectivity index (χ0) is 19.4. The fourth-order valence-corrected chi connectivity index (χ4v) is 4.11. The molecule has 2 aromatic carbocycles. The van der Waals surface area contributed by atoms with Gasteiger partial charge in [0.05, 0.1) is 0 Å². The molecule has 0 bridgehead atoms. The third kappa shape index (κ3) is 5.63. The molecule has 4 nitrogen and oxygen atoms in total. The molecule has 0 saturated carbocycles. The summed E-state index contributed by atoms with van der Waals surface area (Å²) in [5.41, 5.74) is 1.98. The Balaban J connectivity index is 1.54. The van der Waals surface area contributed by atoms with Crippen LogP contribution < -0.4 is 10.6 Å².